The van der Waals surface area contributed by atoms with E-state index in [0.717, 1.165) is 12.4 Å². The minimum atomic E-state index is 0.870. The molecule has 0 atom stereocenters. The second-order valence-corrected chi connectivity index (χ2v) is 2.13. The van der Waals surface area contributed by atoms with Crippen molar-refractivity contribution in [2.24, 2.45) is 0 Å². The number of allylic oxidation sites excluding steroid dienone is 3. The first-order valence-electron chi connectivity index (χ1n) is 3.18. The highest BCUT2D eigenvalue weighted by Crippen LogP contribution is 2.01. The van der Waals surface area contributed by atoms with E-state index < -0.39 is 0 Å². The van der Waals surface area contributed by atoms with Crippen molar-refractivity contribution in [2.75, 3.05) is 0 Å². The van der Waals surface area contributed by atoms with Gasteiger partial charge in [-0.05, 0) is 6.08 Å². The molecule has 0 N–H and O–H groups in total. The van der Waals surface area contributed by atoms with Gasteiger partial charge >= 0.3 is 0 Å². The molecular formula is C7H7N3. The van der Waals surface area contributed by atoms with Crippen LogP contribution >= 0.6 is 0 Å². The Kier molecular flexibility index (Phi) is 1.13. The lowest BCUT2D eigenvalue weighted by Crippen LogP contribution is -1.94. The maximum atomic E-state index is 3.90. The van der Waals surface area contributed by atoms with Crippen LogP contribution in [0.25, 0.3) is 6.08 Å². The molecule has 0 saturated carbocycles. The summed E-state index contributed by atoms with van der Waals surface area (Å²) in [5.41, 5.74) is 0. The molecule has 2 rings (SSSR count). The van der Waals surface area contributed by atoms with E-state index in [2.05, 4.69) is 16.3 Å². The average Bonchev–Trinajstić information content (AvgIpc) is 2.28. The van der Waals surface area contributed by atoms with Crippen molar-refractivity contribution in [1.29, 1.82) is 0 Å². The summed E-state index contributed by atoms with van der Waals surface area (Å²) in [6, 6.07) is 0. The molecule has 10 heavy (non-hydrogen) atoms. The highest BCUT2D eigenvalue weighted by molar-refractivity contribution is 5.43. The van der Waals surface area contributed by atoms with Crippen LogP contribution in [-0.4, -0.2) is 14.8 Å². The average molecular weight is 133 g/mol. The Hall–Kier alpha value is -1.38. The van der Waals surface area contributed by atoms with Crippen LogP contribution in [0.2, 0.25) is 0 Å². The van der Waals surface area contributed by atoms with Gasteiger partial charge in [0.05, 0.1) is 0 Å². The molecule has 50 valence electrons. The van der Waals surface area contributed by atoms with E-state index in [9.17, 15) is 0 Å². The molecular weight excluding hydrogens is 126 g/mol. The Morgan fingerprint density at radius 3 is 3.40 bits per heavy atom. The van der Waals surface area contributed by atoms with E-state index in [1.165, 1.54) is 0 Å². The zero-order chi connectivity index (χ0) is 6.81. The van der Waals surface area contributed by atoms with Crippen LogP contribution < -0.4 is 0 Å². The zero-order valence-electron chi connectivity index (χ0n) is 5.44. The van der Waals surface area contributed by atoms with Gasteiger partial charge in [0.2, 0.25) is 0 Å². The largest absolute Gasteiger partial charge is 0.310 e. The Morgan fingerprint density at radius 1 is 1.40 bits per heavy atom. The van der Waals surface area contributed by atoms with Gasteiger partial charge in [0.25, 0.3) is 0 Å². The van der Waals surface area contributed by atoms with Gasteiger partial charge in [0.15, 0.2) is 5.82 Å². The minimum Gasteiger partial charge on any atom is -0.310 e. The lowest BCUT2D eigenvalue weighted by molar-refractivity contribution is 0.810. The molecule has 1 aliphatic heterocycles. The third kappa shape index (κ3) is 0.757. The van der Waals surface area contributed by atoms with Crippen molar-refractivity contribution >= 4 is 6.08 Å². The number of hydrogen-bond acceptors (Lipinski definition) is 2. The molecule has 0 bridgehead atoms. The molecule has 1 aromatic heterocycles. The highest BCUT2D eigenvalue weighted by Gasteiger charge is 1.98. The smallest absolute Gasteiger partial charge is 0.156 e. The molecule has 0 saturated heterocycles. The summed E-state index contributed by atoms with van der Waals surface area (Å²) in [6.45, 7) is 0.870. The quantitative estimate of drug-likeness (QED) is 0.525. The minimum absolute atomic E-state index is 0.870. The second kappa shape index (κ2) is 2.10. The maximum absolute atomic E-state index is 3.90. The zero-order valence-corrected chi connectivity index (χ0v) is 5.44. The molecule has 3 nitrogen and oxygen atoms in total. The molecule has 0 radical (unpaired) electrons. The normalized spacial score (nSPS) is 14.8. The summed E-state index contributed by atoms with van der Waals surface area (Å²) in [5, 5.41) is 7.68. The van der Waals surface area contributed by atoms with Crippen LogP contribution in [0.5, 0.6) is 0 Å². The van der Waals surface area contributed by atoms with Gasteiger partial charge in [-0.1, -0.05) is 18.2 Å². The van der Waals surface area contributed by atoms with Crippen LogP contribution in [0.3, 0.4) is 0 Å². The highest BCUT2D eigenvalue weighted by atomic mass is 15.3. The van der Waals surface area contributed by atoms with Gasteiger partial charge in [0.1, 0.15) is 6.33 Å². The molecule has 1 aliphatic rings. The summed E-state index contributed by atoms with van der Waals surface area (Å²) in [5.74, 6) is 0.921. The number of aromatic nitrogens is 3. The van der Waals surface area contributed by atoms with Gasteiger partial charge in [-0.2, -0.15) is 0 Å². The molecule has 3 heteroatoms. The van der Waals surface area contributed by atoms with Crippen molar-refractivity contribution < 1.29 is 0 Å². The lowest BCUT2D eigenvalue weighted by Gasteiger charge is -1.94. The Morgan fingerprint density at radius 2 is 2.40 bits per heavy atom. The monoisotopic (exact) mass is 133 g/mol. The van der Waals surface area contributed by atoms with Gasteiger partial charge in [0, 0.05) is 6.54 Å². The SMILES string of the molecule is C1=CCn2cnnc2C=C1. The first-order chi connectivity index (χ1) is 4.97. The van der Waals surface area contributed by atoms with E-state index in [-0.39, 0.29) is 0 Å². The van der Waals surface area contributed by atoms with Crippen LogP contribution in [0.15, 0.2) is 24.6 Å². The Labute approximate surface area is 58.7 Å². The van der Waals surface area contributed by atoms with Crippen molar-refractivity contribution in [2.45, 2.75) is 6.54 Å². The fraction of sp³-hybridized carbons (Fsp3) is 0.143. The number of rotatable bonds is 0. The topological polar surface area (TPSA) is 30.7 Å². The van der Waals surface area contributed by atoms with E-state index in [4.69, 9.17) is 0 Å². The molecule has 0 aromatic carbocycles. The summed E-state index contributed by atoms with van der Waals surface area (Å²) in [6.07, 6.45) is 9.71. The van der Waals surface area contributed by atoms with E-state index in [0.29, 0.717) is 0 Å². The molecule has 2 heterocycles. The standard InChI is InChI=1S/C7H7N3/c1-2-4-7-9-8-6-10(7)5-3-1/h1-4,6H,5H2. The van der Waals surface area contributed by atoms with Crippen LogP contribution in [-0.2, 0) is 6.54 Å². The number of nitrogens with zero attached hydrogens (tertiary/aromatic N) is 3. The summed E-state index contributed by atoms with van der Waals surface area (Å²) in [4.78, 5) is 0. The molecule has 0 aliphatic carbocycles. The van der Waals surface area contributed by atoms with Gasteiger partial charge in [-0.3, -0.25) is 0 Å². The molecule has 0 spiro atoms. The Bertz CT molecular complexity index is 283. The third-order valence-electron chi connectivity index (χ3n) is 1.44. The third-order valence-corrected chi connectivity index (χ3v) is 1.44. The van der Waals surface area contributed by atoms with Crippen LogP contribution in [0.1, 0.15) is 5.82 Å². The lowest BCUT2D eigenvalue weighted by atomic mass is 10.4. The molecule has 0 amide bonds. The second-order valence-electron chi connectivity index (χ2n) is 2.13. The first kappa shape index (κ1) is 5.41. The van der Waals surface area contributed by atoms with Gasteiger partial charge in [-0.25, -0.2) is 0 Å². The van der Waals surface area contributed by atoms with Crippen molar-refractivity contribution in [3.8, 4) is 0 Å². The fourth-order valence-corrected chi connectivity index (χ4v) is 0.928. The summed E-state index contributed by atoms with van der Waals surface area (Å²) in [7, 11) is 0. The molecule has 0 fully saturated rings. The predicted octanol–water partition coefficient (Wildman–Crippen LogP) is 0.861. The Balaban J connectivity index is 2.50. The van der Waals surface area contributed by atoms with Gasteiger partial charge < -0.3 is 4.57 Å². The number of fused-ring (bicyclic) bond motifs is 1. The molecule has 0 unspecified atom stereocenters. The first-order valence-corrected chi connectivity index (χ1v) is 3.18. The predicted molar refractivity (Wildman–Crippen MR) is 38.2 cm³/mol. The van der Waals surface area contributed by atoms with Crippen molar-refractivity contribution in [3.63, 3.8) is 0 Å². The van der Waals surface area contributed by atoms with Crippen molar-refractivity contribution in [1.82, 2.24) is 14.8 Å². The molecule has 1 aromatic rings. The van der Waals surface area contributed by atoms with Gasteiger partial charge in [-0.15, -0.1) is 10.2 Å². The van der Waals surface area contributed by atoms with E-state index >= 15 is 0 Å². The summed E-state index contributed by atoms with van der Waals surface area (Å²) < 4.78 is 1.99. The van der Waals surface area contributed by atoms with Crippen LogP contribution in [0.4, 0.5) is 0 Å². The maximum Gasteiger partial charge on any atom is 0.156 e. The van der Waals surface area contributed by atoms with Crippen LogP contribution in [0, 0.1) is 0 Å². The fourth-order valence-electron chi connectivity index (χ4n) is 0.928. The number of hydrogen-bond donors (Lipinski definition) is 0. The van der Waals surface area contributed by atoms with Crippen molar-refractivity contribution in [3.05, 3.63) is 30.4 Å². The van der Waals surface area contributed by atoms with E-state index in [1.807, 2.05) is 22.8 Å². The van der Waals surface area contributed by atoms with E-state index in [1.54, 1.807) is 6.33 Å². The summed E-state index contributed by atoms with van der Waals surface area (Å²) >= 11 is 0.